The molecule has 2 aromatic rings. The molecule has 2 heterocycles. The Labute approximate surface area is 79.4 Å². The van der Waals surface area contributed by atoms with Gasteiger partial charge in [-0.3, -0.25) is 0 Å². The van der Waals surface area contributed by atoms with Crippen LogP contribution in [0.4, 0.5) is 17.5 Å². The van der Waals surface area contributed by atoms with E-state index in [4.69, 9.17) is 18.0 Å². The highest BCUT2D eigenvalue weighted by Gasteiger charge is 2.15. The molecule has 6 nitrogen and oxygen atoms in total. The third-order valence-electron chi connectivity index (χ3n) is 1.68. The Balaban J connectivity index is 2.89. The molecule has 14 heavy (non-hydrogen) atoms. The number of fused-ring (bicyclic) bond motifs is 1. The number of nitrogens with two attached hydrogens (primary N) is 2. The summed E-state index contributed by atoms with van der Waals surface area (Å²) in [6.45, 7) is 5.13. The first-order valence-electron chi connectivity index (χ1n) is 3.80. The molecular formula is C8H7N6+. The van der Waals surface area contributed by atoms with Crippen molar-refractivity contribution in [1.29, 1.82) is 0 Å². The van der Waals surface area contributed by atoms with E-state index in [9.17, 15) is 0 Å². The van der Waals surface area contributed by atoms with E-state index in [2.05, 4.69) is 19.8 Å². The van der Waals surface area contributed by atoms with E-state index >= 15 is 0 Å². The van der Waals surface area contributed by atoms with Crippen LogP contribution < -0.4 is 11.5 Å². The monoisotopic (exact) mass is 187 g/mol. The smallest absolute Gasteiger partial charge is 0.397 e. The van der Waals surface area contributed by atoms with E-state index in [0.29, 0.717) is 16.7 Å². The van der Waals surface area contributed by atoms with Gasteiger partial charge in [-0.15, -0.1) is 0 Å². The van der Waals surface area contributed by atoms with Gasteiger partial charge in [-0.1, -0.05) is 0 Å². The van der Waals surface area contributed by atoms with E-state index in [1.807, 2.05) is 0 Å². The van der Waals surface area contributed by atoms with Crippen molar-refractivity contribution in [2.24, 2.45) is 0 Å². The summed E-state index contributed by atoms with van der Waals surface area (Å²) in [5.74, 6) is 0.349. The van der Waals surface area contributed by atoms with Crippen molar-refractivity contribution < 1.29 is 0 Å². The minimum Gasteiger partial charge on any atom is -0.397 e. The zero-order chi connectivity index (χ0) is 10.1. The molecule has 0 atom stereocenters. The number of hydrogen-bond acceptors (Lipinski definition) is 5. The summed E-state index contributed by atoms with van der Waals surface area (Å²) in [6.07, 6.45) is 1.48. The van der Waals surface area contributed by atoms with Crippen LogP contribution in [-0.4, -0.2) is 15.0 Å². The lowest BCUT2D eigenvalue weighted by atomic mass is 10.3. The second-order valence-electron chi connectivity index (χ2n) is 2.67. The van der Waals surface area contributed by atoms with Crippen molar-refractivity contribution in [2.45, 2.75) is 0 Å². The fraction of sp³-hybridized carbons (Fsp3) is 0. The maximum atomic E-state index is 5.54. The van der Waals surface area contributed by atoms with E-state index in [-0.39, 0.29) is 11.8 Å². The Morgan fingerprint density at radius 3 is 2.79 bits per heavy atom. The van der Waals surface area contributed by atoms with Crippen molar-refractivity contribution in [3.8, 4) is 6.57 Å². The minimum atomic E-state index is 0.0918. The van der Waals surface area contributed by atoms with Crippen molar-refractivity contribution in [1.82, 2.24) is 15.0 Å². The summed E-state index contributed by atoms with van der Waals surface area (Å²) in [4.78, 5) is 15.2. The normalized spacial score (nSPS) is 9.93. The van der Waals surface area contributed by atoms with Gasteiger partial charge in [-0.05, 0) is 6.07 Å². The zero-order valence-electron chi connectivity index (χ0n) is 7.18. The molecule has 68 valence electrons. The van der Waals surface area contributed by atoms with Gasteiger partial charge in [0.25, 0.3) is 0 Å². The lowest BCUT2D eigenvalue weighted by Crippen LogP contribution is -1.97. The van der Waals surface area contributed by atoms with E-state index in [1.165, 1.54) is 6.20 Å². The molecule has 0 bridgehead atoms. The Hall–Kier alpha value is -2.42. The van der Waals surface area contributed by atoms with Crippen molar-refractivity contribution in [2.75, 3.05) is 11.5 Å². The molecule has 0 aromatic carbocycles. The summed E-state index contributed by atoms with van der Waals surface area (Å²) in [5.41, 5.74) is 12.5. The molecule has 0 fully saturated rings. The predicted octanol–water partition coefficient (Wildman–Crippen LogP) is 0.783. The highest BCUT2D eigenvalue weighted by molar-refractivity contribution is 5.88. The molecule has 0 radical (unpaired) electrons. The number of rotatable bonds is 0. The van der Waals surface area contributed by atoms with E-state index in [0.717, 1.165) is 0 Å². The van der Waals surface area contributed by atoms with Gasteiger partial charge in [0.05, 0.1) is 11.9 Å². The van der Waals surface area contributed by atoms with Gasteiger partial charge < -0.3 is 11.5 Å². The fourth-order valence-corrected chi connectivity index (χ4v) is 1.13. The Morgan fingerprint density at radius 2 is 2.07 bits per heavy atom. The second-order valence-corrected chi connectivity index (χ2v) is 2.67. The Bertz CT molecular complexity index is 536. The number of nitrogen functional groups attached to an aromatic ring is 2. The van der Waals surface area contributed by atoms with E-state index in [1.54, 1.807) is 6.07 Å². The SMILES string of the molecule is C#[N+]c1nc(N)nc2cc(N)cnc12. The summed E-state index contributed by atoms with van der Waals surface area (Å²) in [5, 5.41) is 0. The van der Waals surface area contributed by atoms with E-state index < -0.39 is 0 Å². The third kappa shape index (κ3) is 1.17. The standard InChI is InChI=1S/C8H7N6/c1-11-7-6-5(13-8(10)14-7)2-4(9)3-12-6/h1-3H,9H2,(H2,10,13,14)/q+1. The van der Waals surface area contributed by atoms with Crippen molar-refractivity contribution in [3.63, 3.8) is 0 Å². The molecule has 0 spiro atoms. The van der Waals surface area contributed by atoms with Crippen LogP contribution in [0.15, 0.2) is 12.3 Å². The minimum absolute atomic E-state index is 0.0918. The lowest BCUT2D eigenvalue weighted by Gasteiger charge is -1.94. The average molecular weight is 187 g/mol. The fourth-order valence-electron chi connectivity index (χ4n) is 1.13. The first-order valence-corrected chi connectivity index (χ1v) is 3.80. The highest BCUT2D eigenvalue weighted by atomic mass is 15.1. The molecule has 0 aliphatic heterocycles. The molecule has 2 aromatic heterocycles. The summed E-state index contributed by atoms with van der Waals surface area (Å²) < 4.78 is 0. The molecule has 2 rings (SSSR count). The van der Waals surface area contributed by atoms with Gasteiger partial charge >= 0.3 is 11.8 Å². The van der Waals surface area contributed by atoms with Crippen LogP contribution in [-0.2, 0) is 0 Å². The largest absolute Gasteiger partial charge is 0.456 e. The summed E-state index contributed by atoms with van der Waals surface area (Å²) >= 11 is 0. The maximum Gasteiger partial charge on any atom is 0.456 e. The van der Waals surface area contributed by atoms with Gasteiger partial charge in [0.15, 0.2) is 0 Å². The molecule has 0 aliphatic rings. The topological polar surface area (TPSA) is 95.1 Å². The number of pyridine rings is 1. The number of nitrogens with zero attached hydrogens (tertiary/aromatic N) is 4. The molecule has 0 amide bonds. The van der Waals surface area contributed by atoms with Crippen molar-refractivity contribution in [3.05, 3.63) is 17.1 Å². The molecule has 0 aliphatic carbocycles. The summed E-state index contributed by atoms with van der Waals surface area (Å²) in [7, 11) is 0. The predicted molar refractivity (Wildman–Crippen MR) is 54.1 cm³/mol. The molecule has 0 saturated heterocycles. The van der Waals surface area contributed by atoms with Crippen LogP contribution in [0.1, 0.15) is 0 Å². The second kappa shape index (κ2) is 2.81. The maximum absolute atomic E-state index is 5.54. The number of anilines is 2. The molecule has 0 unspecified atom stereocenters. The van der Waals surface area contributed by atoms with Gasteiger partial charge in [0.2, 0.25) is 5.52 Å². The lowest BCUT2D eigenvalue weighted by molar-refractivity contribution is 1.23. The number of aromatic nitrogens is 3. The Morgan fingerprint density at radius 1 is 1.29 bits per heavy atom. The first-order chi connectivity index (χ1) is 6.70. The molecular weight excluding hydrogens is 180 g/mol. The Kier molecular flexibility index (Phi) is 1.65. The van der Waals surface area contributed by atoms with Crippen molar-refractivity contribution >= 4 is 28.5 Å². The molecule has 4 N–H and O–H groups in total. The first kappa shape index (κ1) is 8.19. The van der Waals surface area contributed by atoms with Crippen LogP contribution in [0, 0.1) is 6.57 Å². The average Bonchev–Trinajstić information content (AvgIpc) is 2.15. The van der Waals surface area contributed by atoms with Gasteiger partial charge in [0, 0.05) is 4.98 Å². The molecule has 0 saturated carbocycles. The highest BCUT2D eigenvalue weighted by Crippen LogP contribution is 2.22. The summed E-state index contributed by atoms with van der Waals surface area (Å²) in [6, 6.07) is 1.63. The third-order valence-corrected chi connectivity index (χ3v) is 1.68. The van der Waals surface area contributed by atoms with Gasteiger partial charge in [-0.25, -0.2) is 4.98 Å². The van der Waals surface area contributed by atoms with Gasteiger partial charge in [0.1, 0.15) is 12.1 Å². The van der Waals surface area contributed by atoms with Crippen LogP contribution in [0.25, 0.3) is 15.9 Å². The van der Waals surface area contributed by atoms with Crippen LogP contribution in [0.2, 0.25) is 0 Å². The van der Waals surface area contributed by atoms with Crippen LogP contribution in [0.5, 0.6) is 0 Å². The number of hydrogen-bond donors (Lipinski definition) is 2. The van der Waals surface area contributed by atoms with Crippen LogP contribution in [0.3, 0.4) is 0 Å². The quantitative estimate of drug-likeness (QED) is 0.635. The van der Waals surface area contributed by atoms with Crippen LogP contribution >= 0.6 is 0 Å². The molecule has 6 heteroatoms. The zero-order valence-corrected chi connectivity index (χ0v) is 7.18. The van der Waals surface area contributed by atoms with Gasteiger partial charge in [-0.2, -0.15) is 9.83 Å².